The summed E-state index contributed by atoms with van der Waals surface area (Å²) in [5.74, 6) is 1.58. The maximum absolute atomic E-state index is 9.51. The van der Waals surface area contributed by atoms with Crippen molar-refractivity contribution >= 4 is 0 Å². The topological polar surface area (TPSA) is 41.5 Å². The smallest absolute Gasteiger partial charge is 0.0897 e. The van der Waals surface area contributed by atoms with Crippen molar-refractivity contribution in [3.05, 3.63) is 0 Å². The standard InChI is InChI=1S/C12H25NO2/c1-9-4-5-12(6-10(9)2)15-8-11(14)7-13-3/h9-14H,4-8H2,1-3H3. The molecule has 1 saturated carbocycles. The summed E-state index contributed by atoms with van der Waals surface area (Å²) in [4.78, 5) is 0. The van der Waals surface area contributed by atoms with Crippen molar-refractivity contribution in [1.82, 2.24) is 5.32 Å². The van der Waals surface area contributed by atoms with Crippen molar-refractivity contribution in [2.45, 2.75) is 45.3 Å². The highest BCUT2D eigenvalue weighted by molar-refractivity contribution is 4.76. The Hall–Kier alpha value is -0.120. The zero-order valence-corrected chi connectivity index (χ0v) is 10.2. The summed E-state index contributed by atoms with van der Waals surface area (Å²) in [5.41, 5.74) is 0. The van der Waals surface area contributed by atoms with E-state index in [1.807, 2.05) is 7.05 Å². The van der Waals surface area contributed by atoms with E-state index in [0.717, 1.165) is 24.7 Å². The quantitative estimate of drug-likeness (QED) is 0.728. The highest BCUT2D eigenvalue weighted by Gasteiger charge is 2.25. The van der Waals surface area contributed by atoms with Gasteiger partial charge in [-0.15, -0.1) is 0 Å². The van der Waals surface area contributed by atoms with Gasteiger partial charge in [-0.1, -0.05) is 13.8 Å². The second-order valence-electron chi connectivity index (χ2n) is 4.93. The maximum atomic E-state index is 9.51. The van der Waals surface area contributed by atoms with Crippen LogP contribution in [0.1, 0.15) is 33.1 Å². The molecule has 90 valence electrons. The fourth-order valence-corrected chi connectivity index (χ4v) is 2.19. The number of aliphatic hydroxyl groups excluding tert-OH is 1. The van der Waals surface area contributed by atoms with Crippen LogP contribution in [0.4, 0.5) is 0 Å². The average Bonchev–Trinajstić information content (AvgIpc) is 2.20. The Morgan fingerprint density at radius 2 is 2.07 bits per heavy atom. The lowest BCUT2D eigenvalue weighted by atomic mass is 9.80. The van der Waals surface area contributed by atoms with Crippen molar-refractivity contribution in [2.75, 3.05) is 20.2 Å². The molecule has 0 bridgehead atoms. The molecule has 0 aromatic carbocycles. The Labute approximate surface area is 93.2 Å². The molecule has 15 heavy (non-hydrogen) atoms. The molecule has 1 aliphatic carbocycles. The molecule has 0 aliphatic heterocycles. The molecule has 4 atom stereocenters. The summed E-state index contributed by atoms with van der Waals surface area (Å²) >= 11 is 0. The molecular weight excluding hydrogens is 190 g/mol. The number of ether oxygens (including phenoxy) is 1. The van der Waals surface area contributed by atoms with Crippen LogP contribution in [0, 0.1) is 11.8 Å². The van der Waals surface area contributed by atoms with Crippen LogP contribution in [0.15, 0.2) is 0 Å². The number of likely N-dealkylation sites (N-methyl/N-ethyl adjacent to an activating group) is 1. The minimum Gasteiger partial charge on any atom is -0.389 e. The van der Waals surface area contributed by atoms with Gasteiger partial charge in [0.15, 0.2) is 0 Å². The van der Waals surface area contributed by atoms with Crippen LogP contribution in [0.5, 0.6) is 0 Å². The first-order chi connectivity index (χ1) is 7.13. The van der Waals surface area contributed by atoms with Crippen LogP contribution in [0.2, 0.25) is 0 Å². The molecule has 0 spiro atoms. The average molecular weight is 215 g/mol. The normalized spacial score (nSPS) is 34.0. The van der Waals surface area contributed by atoms with E-state index in [2.05, 4.69) is 19.2 Å². The van der Waals surface area contributed by atoms with Gasteiger partial charge in [-0.25, -0.2) is 0 Å². The predicted molar refractivity (Wildman–Crippen MR) is 61.9 cm³/mol. The monoisotopic (exact) mass is 215 g/mol. The van der Waals surface area contributed by atoms with Crippen LogP contribution in [0.25, 0.3) is 0 Å². The van der Waals surface area contributed by atoms with Crippen molar-refractivity contribution in [1.29, 1.82) is 0 Å². The summed E-state index contributed by atoms with van der Waals surface area (Å²) in [5, 5.41) is 12.5. The first-order valence-corrected chi connectivity index (χ1v) is 6.07. The fourth-order valence-electron chi connectivity index (χ4n) is 2.19. The van der Waals surface area contributed by atoms with Crippen LogP contribution >= 0.6 is 0 Å². The van der Waals surface area contributed by atoms with Gasteiger partial charge in [0.2, 0.25) is 0 Å². The van der Waals surface area contributed by atoms with Crippen molar-refractivity contribution in [3.63, 3.8) is 0 Å². The van der Waals surface area contributed by atoms with Crippen LogP contribution in [-0.4, -0.2) is 37.5 Å². The molecule has 0 amide bonds. The maximum Gasteiger partial charge on any atom is 0.0897 e. The molecule has 3 heteroatoms. The van der Waals surface area contributed by atoms with E-state index in [0.29, 0.717) is 19.3 Å². The first kappa shape index (κ1) is 12.9. The van der Waals surface area contributed by atoms with Gasteiger partial charge in [0.25, 0.3) is 0 Å². The van der Waals surface area contributed by atoms with Crippen molar-refractivity contribution in [3.8, 4) is 0 Å². The lowest BCUT2D eigenvalue weighted by Gasteiger charge is -2.32. The zero-order chi connectivity index (χ0) is 11.3. The molecule has 4 unspecified atom stereocenters. The van der Waals surface area contributed by atoms with E-state index in [-0.39, 0.29) is 6.10 Å². The minimum atomic E-state index is -0.371. The van der Waals surface area contributed by atoms with Gasteiger partial charge in [0.05, 0.1) is 18.8 Å². The summed E-state index contributed by atoms with van der Waals surface area (Å²) in [6.45, 7) is 5.69. The van der Waals surface area contributed by atoms with E-state index >= 15 is 0 Å². The van der Waals surface area contributed by atoms with E-state index in [9.17, 15) is 5.11 Å². The lowest BCUT2D eigenvalue weighted by molar-refractivity contribution is -0.0378. The van der Waals surface area contributed by atoms with Gasteiger partial charge in [0.1, 0.15) is 0 Å². The van der Waals surface area contributed by atoms with Crippen LogP contribution in [0.3, 0.4) is 0 Å². The number of nitrogens with one attached hydrogen (secondary N) is 1. The van der Waals surface area contributed by atoms with Crippen LogP contribution < -0.4 is 5.32 Å². The predicted octanol–water partition coefficient (Wildman–Crippen LogP) is 1.41. The van der Waals surface area contributed by atoms with Gasteiger partial charge in [-0.05, 0) is 38.1 Å². The van der Waals surface area contributed by atoms with Gasteiger partial charge < -0.3 is 15.2 Å². The molecule has 3 nitrogen and oxygen atoms in total. The van der Waals surface area contributed by atoms with Gasteiger partial charge in [-0.2, -0.15) is 0 Å². The molecule has 1 rings (SSSR count). The van der Waals surface area contributed by atoms with E-state index in [1.54, 1.807) is 0 Å². The van der Waals surface area contributed by atoms with Crippen molar-refractivity contribution in [2.24, 2.45) is 11.8 Å². The highest BCUT2D eigenvalue weighted by Crippen LogP contribution is 2.30. The van der Waals surface area contributed by atoms with Crippen LogP contribution in [-0.2, 0) is 4.74 Å². The molecule has 0 heterocycles. The molecule has 0 aromatic heterocycles. The third-order valence-corrected chi connectivity index (χ3v) is 3.51. The molecule has 0 aromatic rings. The Morgan fingerprint density at radius 1 is 1.33 bits per heavy atom. The first-order valence-electron chi connectivity index (χ1n) is 6.07. The summed E-state index contributed by atoms with van der Waals surface area (Å²) < 4.78 is 5.73. The Balaban J connectivity index is 2.16. The van der Waals surface area contributed by atoms with Crippen molar-refractivity contribution < 1.29 is 9.84 Å². The van der Waals surface area contributed by atoms with Gasteiger partial charge in [-0.3, -0.25) is 0 Å². The van der Waals surface area contributed by atoms with E-state index < -0.39 is 0 Å². The molecule has 0 radical (unpaired) electrons. The summed E-state index contributed by atoms with van der Waals surface area (Å²) in [7, 11) is 1.84. The van der Waals surface area contributed by atoms with E-state index in [1.165, 1.54) is 6.42 Å². The van der Waals surface area contributed by atoms with E-state index in [4.69, 9.17) is 4.74 Å². The van der Waals surface area contributed by atoms with Gasteiger partial charge >= 0.3 is 0 Å². The minimum absolute atomic E-state index is 0.364. The Kier molecular flexibility index (Phi) is 5.58. The Bertz CT molecular complexity index is 175. The van der Waals surface area contributed by atoms with Gasteiger partial charge in [0, 0.05) is 6.54 Å². The zero-order valence-electron chi connectivity index (χ0n) is 10.2. The lowest BCUT2D eigenvalue weighted by Crippen LogP contribution is -2.33. The summed E-state index contributed by atoms with van der Waals surface area (Å²) in [6.07, 6.45) is 3.55. The number of rotatable bonds is 5. The second kappa shape index (κ2) is 6.46. The molecule has 1 fully saturated rings. The third kappa shape index (κ3) is 4.49. The highest BCUT2D eigenvalue weighted by atomic mass is 16.5. The third-order valence-electron chi connectivity index (χ3n) is 3.51. The largest absolute Gasteiger partial charge is 0.389 e. The fraction of sp³-hybridized carbons (Fsp3) is 1.00. The second-order valence-corrected chi connectivity index (χ2v) is 4.93. The summed E-state index contributed by atoms with van der Waals surface area (Å²) in [6, 6.07) is 0. The Morgan fingerprint density at radius 3 is 2.67 bits per heavy atom. The number of hydrogen-bond acceptors (Lipinski definition) is 3. The molecule has 2 N–H and O–H groups in total. The molecular formula is C12H25NO2. The number of hydrogen-bond donors (Lipinski definition) is 2. The molecule has 0 saturated heterocycles. The number of aliphatic hydroxyl groups is 1. The SMILES string of the molecule is CNCC(O)COC1CCC(C)C(C)C1. The molecule has 1 aliphatic rings.